The maximum Gasteiger partial charge on any atom is 0.431 e. The third-order valence-electron chi connectivity index (χ3n) is 5.35. The van der Waals surface area contributed by atoms with Crippen LogP contribution in [0.25, 0.3) is 0 Å². The first-order valence-electron chi connectivity index (χ1n) is 10.1. The molecule has 1 unspecified atom stereocenters. The Morgan fingerprint density at radius 1 is 1.18 bits per heavy atom. The van der Waals surface area contributed by atoms with E-state index in [-0.39, 0.29) is 35.6 Å². The molecule has 2 amide bonds. The van der Waals surface area contributed by atoms with Gasteiger partial charge in [0.1, 0.15) is 12.6 Å². The Kier molecular flexibility index (Phi) is 6.30. The van der Waals surface area contributed by atoms with Crippen LogP contribution < -0.4 is 20.5 Å². The summed E-state index contributed by atoms with van der Waals surface area (Å²) < 4.78 is 6.23. The Balaban J connectivity index is 1.63. The van der Waals surface area contributed by atoms with Crippen LogP contribution in [0.5, 0.6) is 0 Å². The molecular weight excluding hydrogens is 466 g/mol. The van der Waals surface area contributed by atoms with Gasteiger partial charge in [0, 0.05) is 10.7 Å². The van der Waals surface area contributed by atoms with Gasteiger partial charge in [-0.2, -0.15) is 0 Å². The smallest absolute Gasteiger partial charge is 0.326 e. The van der Waals surface area contributed by atoms with Crippen LogP contribution in [0.4, 0.5) is 11.4 Å². The van der Waals surface area contributed by atoms with E-state index >= 15 is 0 Å². The lowest BCUT2D eigenvalue weighted by molar-refractivity contribution is -0.746. The molecule has 2 aromatic carbocycles. The zero-order valence-corrected chi connectivity index (χ0v) is 19.4. The monoisotopic (exact) mass is 486 g/mol. The van der Waals surface area contributed by atoms with Gasteiger partial charge in [0.05, 0.1) is 12.1 Å². The lowest BCUT2D eigenvalue weighted by atomic mass is 10.1. The largest absolute Gasteiger partial charge is 0.431 e. The van der Waals surface area contributed by atoms with Gasteiger partial charge in [0.25, 0.3) is 5.91 Å². The number of thiocarbonyl (C=S) groups is 1. The van der Waals surface area contributed by atoms with E-state index in [9.17, 15) is 14.4 Å². The SMILES string of the molecule is Cc1ccc(N2C(=O)C(CC(=O)Nc3ccc(Cl)cc3)N(Cc3c(=O)o[nH][n+]3C)C2=S)cc1. The summed E-state index contributed by atoms with van der Waals surface area (Å²) in [6.45, 7) is 1.93. The normalized spacial score (nSPS) is 15.9. The van der Waals surface area contributed by atoms with Crippen molar-refractivity contribution in [3.63, 3.8) is 0 Å². The second kappa shape index (κ2) is 9.16. The summed E-state index contributed by atoms with van der Waals surface area (Å²) in [6, 6.07) is 13.1. The molecule has 0 aliphatic carbocycles. The van der Waals surface area contributed by atoms with E-state index < -0.39 is 11.7 Å². The summed E-state index contributed by atoms with van der Waals surface area (Å²) >= 11 is 11.5. The van der Waals surface area contributed by atoms with E-state index in [0.717, 1.165) is 5.56 Å². The number of carbonyl (C=O) groups excluding carboxylic acids is 2. The number of H-pyrrole nitrogens is 1. The lowest BCUT2D eigenvalue weighted by Crippen LogP contribution is -2.44. The molecule has 0 radical (unpaired) electrons. The van der Waals surface area contributed by atoms with E-state index in [2.05, 4.69) is 10.6 Å². The maximum atomic E-state index is 13.4. The molecule has 1 aliphatic heterocycles. The Labute approximate surface area is 199 Å². The summed E-state index contributed by atoms with van der Waals surface area (Å²) in [6.07, 6.45) is -0.163. The predicted octanol–water partition coefficient (Wildman–Crippen LogP) is 2.29. The molecule has 1 fully saturated rings. The Bertz CT molecular complexity index is 1270. The summed E-state index contributed by atoms with van der Waals surface area (Å²) in [5.41, 5.74) is 1.86. The fourth-order valence-corrected chi connectivity index (χ4v) is 4.07. The van der Waals surface area contributed by atoms with Crippen LogP contribution in [-0.4, -0.2) is 33.1 Å². The molecule has 1 aliphatic rings. The molecule has 0 saturated carbocycles. The summed E-state index contributed by atoms with van der Waals surface area (Å²) in [4.78, 5) is 41.3. The number of halogens is 1. The number of benzene rings is 2. The van der Waals surface area contributed by atoms with Crippen molar-refractivity contribution >= 4 is 52.1 Å². The van der Waals surface area contributed by atoms with Gasteiger partial charge < -0.3 is 10.2 Å². The fourth-order valence-electron chi connectivity index (χ4n) is 3.56. The summed E-state index contributed by atoms with van der Waals surface area (Å²) in [5.74, 6) is -0.725. The van der Waals surface area contributed by atoms with Gasteiger partial charge in [-0.15, -0.1) is 0 Å². The molecule has 1 aromatic heterocycles. The second-order valence-corrected chi connectivity index (χ2v) is 8.48. The number of aryl methyl sites for hydroxylation is 2. The van der Waals surface area contributed by atoms with Gasteiger partial charge in [0.2, 0.25) is 5.91 Å². The first-order valence-corrected chi connectivity index (χ1v) is 10.9. The van der Waals surface area contributed by atoms with Crippen molar-refractivity contribution in [1.29, 1.82) is 0 Å². The van der Waals surface area contributed by atoms with E-state index in [4.69, 9.17) is 28.3 Å². The van der Waals surface area contributed by atoms with Gasteiger partial charge in [0.15, 0.2) is 12.2 Å². The molecule has 1 atom stereocenters. The van der Waals surface area contributed by atoms with Crippen LogP contribution in [-0.2, 0) is 23.2 Å². The average Bonchev–Trinajstić information content (AvgIpc) is 3.21. The quantitative estimate of drug-likeness (QED) is 0.409. The highest BCUT2D eigenvalue weighted by Gasteiger charge is 2.45. The van der Waals surface area contributed by atoms with Crippen molar-refractivity contribution in [2.45, 2.75) is 25.9 Å². The molecule has 11 heteroatoms. The number of nitrogens with one attached hydrogen (secondary N) is 2. The minimum Gasteiger partial charge on any atom is -0.326 e. The van der Waals surface area contributed by atoms with E-state index in [0.29, 0.717) is 16.4 Å². The number of nitrogens with zero attached hydrogens (tertiary/aromatic N) is 3. The lowest BCUT2D eigenvalue weighted by Gasteiger charge is -2.21. The van der Waals surface area contributed by atoms with Gasteiger partial charge in [-0.05, 0) is 60.8 Å². The summed E-state index contributed by atoms with van der Waals surface area (Å²) in [7, 11) is 1.61. The number of amides is 2. The van der Waals surface area contributed by atoms with Crippen LogP contribution in [0.1, 0.15) is 17.7 Å². The molecule has 33 heavy (non-hydrogen) atoms. The van der Waals surface area contributed by atoms with Crippen molar-refractivity contribution < 1.29 is 18.8 Å². The van der Waals surface area contributed by atoms with Crippen molar-refractivity contribution in [2.24, 2.45) is 7.05 Å². The van der Waals surface area contributed by atoms with Gasteiger partial charge in [-0.25, -0.2) is 4.79 Å². The van der Waals surface area contributed by atoms with E-state index in [1.54, 1.807) is 48.3 Å². The molecule has 4 rings (SSSR count). The Morgan fingerprint density at radius 3 is 2.45 bits per heavy atom. The zero-order chi connectivity index (χ0) is 23.7. The topological polar surface area (TPSA) is 103 Å². The van der Waals surface area contributed by atoms with E-state index in [1.165, 1.54) is 9.58 Å². The third-order valence-corrected chi connectivity index (χ3v) is 6.02. The van der Waals surface area contributed by atoms with Crippen molar-refractivity contribution in [2.75, 3.05) is 10.2 Å². The standard InChI is InChI=1S/C22H20ClN5O4S/c1-13-3-9-16(10-4-13)28-20(30)17(11-19(29)24-15-7-5-14(23)6-8-15)27(22(28)33)12-18-21(31)32-25-26(18)2/h3-10,17H,11-12H2,1-2H3,(H-,24,25,29,31)/p+1. The molecule has 2 N–H and O–H groups in total. The highest BCUT2D eigenvalue weighted by atomic mass is 35.5. The molecule has 9 nitrogen and oxygen atoms in total. The number of aromatic amines is 1. The van der Waals surface area contributed by atoms with Gasteiger partial charge >= 0.3 is 11.3 Å². The number of carbonyl (C=O) groups is 2. The minimum absolute atomic E-state index is 0.00579. The number of rotatable bonds is 6. The molecule has 0 spiro atoms. The average molecular weight is 487 g/mol. The predicted molar refractivity (Wildman–Crippen MR) is 126 cm³/mol. The number of hydrogen-bond donors (Lipinski definition) is 2. The van der Waals surface area contributed by atoms with Crippen LogP contribution in [0, 0.1) is 6.92 Å². The number of aromatic nitrogens is 2. The molecule has 170 valence electrons. The minimum atomic E-state index is -0.902. The van der Waals surface area contributed by atoms with Gasteiger partial charge in [-0.3, -0.25) is 19.0 Å². The van der Waals surface area contributed by atoms with Crippen LogP contribution >= 0.6 is 23.8 Å². The summed E-state index contributed by atoms with van der Waals surface area (Å²) in [5, 5.41) is 5.96. The second-order valence-electron chi connectivity index (χ2n) is 7.68. The first-order chi connectivity index (χ1) is 15.7. The molecular formula is C22H21ClN5O4S+. The number of anilines is 2. The van der Waals surface area contributed by atoms with Crippen molar-refractivity contribution in [3.05, 3.63) is 75.2 Å². The number of hydrogen-bond acceptors (Lipinski definition) is 5. The van der Waals surface area contributed by atoms with Crippen molar-refractivity contribution in [1.82, 2.24) is 10.2 Å². The van der Waals surface area contributed by atoms with Crippen LogP contribution in [0.2, 0.25) is 5.02 Å². The maximum absolute atomic E-state index is 13.4. The van der Waals surface area contributed by atoms with Crippen LogP contribution in [0.15, 0.2) is 57.8 Å². The Morgan fingerprint density at radius 2 is 1.85 bits per heavy atom. The van der Waals surface area contributed by atoms with Gasteiger partial charge in [-0.1, -0.05) is 34.0 Å². The van der Waals surface area contributed by atoms with Crippen molar-refractivity contribution in [3.8, 4) is 0 Å². The molecule has 1 saturated heterocycles. The Hall–Kier alpha value is -3.50. The molecule has 3 aromatic rings. The fraction of sp³-hybridized carbons (Fsp3) is 0.227. The highest BCUT2D eigenvalue weighted by Crippen LogP contribution is 2.28. The highest BCUT2D eigenvalue weighted by molar-refractivity contribution is 7.80. The first kappa shape index (κ1) is 22.7. The molecule has 0 bridgehead atoms. The molecule has 2 heterocycles. The third kappa shape index (κ3) is 4.67. The van der Waals surface area contributed by atoms with Crippen LogP contribution in [0.3, 0.4) is 0 Å². The van der Waals surface area contributed by atoms with E-state index in [1.807, 2.05) is 19.1 Å². The zero-order valence-electron chi connectivity index (χ0n) is 17.9.